The standard InChI is InChI=1S/C9H9BrO3S/c1-14(12,13)9-5-3-2-4-7(9)8(10)6-11/h2-6,8H,1H3. The highest BCUT2D eigenvalue weighted by atomic mass is 79.9. The minimum absolute atomic E-state index is 0.189. The van der Waals surface area contributed by atoms with E-state index in [4.69, 9.17) is 0 Å². The Balaban J connectivity index is 3.37. The first-order valence-electron chi connectivity index (χ1n) is 3.85. The van der Waals surface area contributed by atoms with E-state index in [9.17, 15) is 13.2 Å². The second-order valence-electron chi connectivity index (χ2n) is 2.85. The van der Waals surface area contributed by atoms with Crippen molar-refractivity contribution in [1.82, 2.24) is 0 Å². The monoisotopic (exact) mass is 276 g/mol. The SMILES string of the molecule is CS(=O)(=O)c1ccccc1C(Br)C=O. The van der Waals surface area contributed by atoms with Gasteiger partial charge in [-0.05, 0) is 11.6 Å². The molecule has 14 heavy (non-hydrogen) atoms. The van der Waals surface area contributed by atoms with Crippen LogP contribution in [0.1, 0.15) is 10.4 Å². The lowest BCUT2D eigenvalue weighted by Gasteiger charge is -2.08. The van der Waals surface area contributed by atoms with Crippen molar-refractivity contribution in [2.75, 3.05) is 6.26 Å². The Hall–Kier alpha value is -0.680. The van der Waals surface area contributed by atoms with Gasteiger partial charge in [-0.2, -0.15) is 0 Å². The Kier molecular flexibility index (Phi) is 3.44. The van der Waals surface area contributed by atoms with Crippen LogP contribution in [0, 0.1) is 0 Å². The summed E-state index contributed by atoms with van der Waals surface area (Å²) in [7, 11) is -3.28. The summed E-state index contributed by atoms with van der Waals surface area (Å²) in [5, 5.41) is 0. The number of alkyl halides is 1. The third kappa shape index (κ3) is 2.42. The second kappa shape index (κ2) is 4.23. The first-order valence-corrected chi connectivity index (χ1v) is 6.66. The van der Waals surface area contributed by atoms with Gasteiger partial charge in [-0.3, -0.25) is 0 Å². The minimum atomic E-state index is -3.28. The zero-order chi connectivity index (χ0) is 10.8. The molecule has 1 aromatic carbocycles. The van der Waals surface area contributed by atoms with Crippen molar-refractivity contribution in [3.05, 3.63) is 29.8 Å². The third-order valence-electron chi connectivity index (χ3n) is 1.74. The Morgan fingerprint density at radius 2 is 1.93 bits per heavy atom. The molecule has 0 fully saturated rings. The van der Waals surface area contributed by atoms with Gasteiger partial charge in [-0.25, -0.2) is 8.42 Å². The number of carbonyl (C=O) groups excluding carboxylic acids is 1. The summed E-state index contributed by atoms with van der Waals surface area (Å²) in [6.07, 6.45) is 1.78. The Morgan fingerprint density at radius 1 is 1.36 bits per heavy atom. The molecule has 1 aromatic rings. The maximum atomic E-state index is 11.3. The van der Waals surface area contributed by atoms with Gasteiger partial charge < -0.3 is 4.79 Å². The van der Waals surface area contributed by atoms with E-state index in [2.05, 4.69) is 15.9 Å². The van der Waals surface area contributed by atoms with Gasteiger partial charge in [0.2, 0.25) is 0 Å². The second-order valence-corrected chi connectivity index (χ2v) is 5.82. The van der Waals surface area contributed by atoms with Crippen LogP contribution in [0.25, 0.3) is 0 Å². The van der Waals surface area contributed by atoms with Crippen LogP contribution in [-0.2, 0) is 14.6 Å². The number of aldehydes is 1. The highest BCUT2D eigenvalue weighted by Gasteiger charge is 2.17. The predicted molar refractivity (Wildman–Crippen MR) is 57.3 cm³/mol. The molecule has 0 aliphatic heterocycles. The number of hydrogen-bond acceptors (Lipinski definition) is 3. The Morgan fingerprint density at radius 3 is 2.43 bits per heavy atom. The number of halogens is 1. The summed E-state index contributed by atoms with van der Waals surface area (Å²) < 4.78 is 22.7. The van der Waals surface area contributed by atoms with Crippen LogP contribution >= 0.6 is 15.9 Å². The van der Waals surface area contributed by atoms with Crippen molar-refractivity contribution in [3.63, 3.8) is 0 Å². The fraction of sp³-hybridized carbons (Fsp3) is 0.222. The molecule has 0 aromatic heterocycles. The largest absolute Gasteiger partial charge is 0.302 e. The number of carbonyl (C=O) groups is 1. The summed E-state index contributed by atoms with van der Waals surface area (Å²) in [5.74, 6) is 0. The third-order valence-corrected chi connectivity index (χ3v) is 3.61. The summed E-state index contributed by atoms with van der Waals surface area (Å²) in [4.78, 5) is 10.2. The van der Waals surface area contributed by atoms with Crippen LogP contribution in [0.5, 0.6) is 0 Å². The van der Waals surface area contributed by atoms with Crippen LogP contribution < -0.4 is 0 Å². The fourth-order valence-corrected chi connectivity index (χ4v) is 2.62. The lowest BCUT2D eigenvalue weighted by atomic mass is 10.2. The number of rotatable bonds is 3. The first kappa shape index (κ1) is 11.4. The molecule has 0 amide bonds. The number of benzene rings is 1. The van der Waals surface area contributed by atoms with Crippen molar-refractivity contribution in [2.45, 2.75) is 9.72 Å². The predicted octanol–water partition coefficient (Wildman–Crippen LogP) is 1.73. The Labute approximate surface area is 91.2 Å². The molecule has 0 saturated heterocycles. The van der Waals surface area contributed by atoms with Crippen LogP contribution in [0.3, 0.4) is 0 Å². The molecule has 1 rings (SSSR count). The zero-order valence-corrected chi connectivity index (χ0v) is 9.88. The van der Waals surface area contributed by atoms with E-state index in [-0.39, 0.29) is 4.90 Å². The molecule has 0 spiro atoms. The van der Waals surface area contributed by atoms with Crippen molar-refractivity contribution in [2.24, 2.45) is 0 Å². The molecule has 76 valence electrons. The molecule has 1 atom stereocenters. The zero-order valence-electron chi connectivity index (χ0n) is 7.48. The van der Waals surface area contributed by atoms with Crippen molar-refractivity contribution >= 4 is 32.1 Å². The number of hydrogen-bond donors (Lipinski definition) is 0. The molecule has 5 heteroatoms. The van der Waals surface area contributed by atoms with Crippen LogP contribution in [0.2, 0.25) is 0 Å². The highest BCUT2D eigenvalue weighted by Crippen LogP contribution is 2.26. The molecule has 0 aliphatic carbocycles. The van der Waals surface area contributed by atoms with Gasteiger partial charge in [-0.1, -0.05) is 34.1 Å². The van der Waals surface area contributed by atoms with E-state index in [1.165, 1.54) is 6.07 Å². The maximum absolute atomic E-state index is 11.3. The molecule has 0 bridgehead atoms. The lowest BCUT2D eigenvalue weighted by molar-refractivity contribution is -0.107. The van der Waals surface area contributed by atoms with E-state index in [1.807, 2.05) is 0 Å². The van der Waals surface area contributed by atoms with E-state index >= 15 is 0 Å². The highest BCUT2D eigenvalue weighted by molar-refractivity contribution is 9.09. The lowest BCUT2D eigenvalue weighted by Crippen LogP contribution is -2.04. The summed E-state index contributed by atoms with van der Waals surface area (Å²) >= 11 is 3.10. The van der Waals surface area contributed by atoms with E-state index in [0.717, 1.165) is 6.26 Å². The van der Waals surface area contributed by atoms with E-state index in [0.29, 0.717) is 11.8 Å². The van der Waals surface area contributed by atoms with Gasteiger partial charge in [0.05, 0.1) is 9.72 Å². The molecule has 3 nitrogen and oxygen atoms in total. The van der Waals surface area contributed by atoms with Crippen molar-refractivity contribution in [1.29, 1.82) is 0 Å². The molecule has 0 radical (unpaired) electrons. The van der Waals surface area contributed by atoms with E-state index in [1.54, 1.807) is 18.2 Å². The molecular formula is C9H9BrO3S. The molecule has 1 unspecified atom stereocenters. The molecule has 0 heterocycles. The molecular weight excluding hydrogens is 268 g/mol. The summed E-state index contributed by atoms with van der Waals surface area (Å²) in [6, 6.07) is 6.43. The Bertz CT molecular complexity index is 439. The van der Waals surface area contributed by atoms with Gasteiger partial charge in [-0.15, -0.1) is 0 Å². The summed E-state index contributed by atoms with van der Waals surface area (Å²) in [6.45, 7) is 0. The van der Waals surface area contributed by atoms with Gasteiger partial charge in [0.25, 0.3) is 0 Å². The smallest absolute Gasteiger partial charge is 0.175 e. The van der Waals surface area contributed by atoms with Gasteiger partial charge in [0, 0.05) is 6.26 Å². The van der Waals surface area contributed by atoms with Crippen molar-refractivity contribution in [3.8, 4) is 0 Å². The minimum Gasteiger partial charge on any atom is -0.302 e. The quantitative estimate of drug-likeness (QED) is 0.624. The number of sulfone groups is 1. The van der Waals surface area contributed by atoms with Crippen LogP contribution in [0.15, 0.2) is 29.2 Å². The van der Waals surface area contributed by atoms with E-state index < -0.39 is 14.7 Å². The normalized spacial score (nSPS) is 13.6. The molecule has 0 N–H and O–H groups in total. The average Bonchev–Trinajstić information content (AvgIpc) is 2.15. The molecule has 0 aliphatic rings. The maximum Gasteiger partial charge on any atom is 0.175 e. The van der Waals surface area contributed by atoms with Gasteiger partial charge in [0.15, 0.2) is 9.84 Å². The average molecular weight is 277 g/mol. The van der Waals surface area contributed by atoms with Gasteiger partial charge in [0.1, 0.15) is 6.29 Å². The van der Waals surface area contributed by atoms with Crippen molar-refractivity contribution < 1.29 is 13.2 Å². The fourth-order valence-electron chi connectivity index (χ4n) is 1.12. The molecule has 0 saturated carbocycles. The van der Waals surface area contributed by atoms with Crippen LogP contribution in [-0.4, -0.2) is 21.0 Å². The first-order chi connectivity index (χ1) is 6.46. The topological polar surface area (TPSA) is 51.2 Å². The van der Waals surface area contributed by atoms with Crippen LogP contribution in [0.4, 0.5) is 0 Å². The van der Waals surface area contributed by atoms with Gasteiger partial charge >= 0.3 is 0 Å². The summed E-state index contributed by atoms with van der Waals surface area (Å²) in [5.41, 5.74) is 0.477.